The van der Waals surface area contributed by atoms with E-state index >= 15 is 0 Å². The summed E-state index contributed by atoms with van der Waals surface area (Å²) in [5.74, 6) is 1.62. The van der Waals surface area contributed by atoms with Gasteiger partial charge >= 0.3 is 0 Å². The largest absolute Gasteiger partial charge is 0.352 e. The summed E-state index contributed by atoms with van der Waals surface area (Å²) in [4.78, 5) is 31.8. The summed E-state index contributed by atoms with van der Waals surface area (Å²) in [6, 6.07) is 0.274. The maximum Gasteiger partial charge on any atom is 0.239 e. The van der Waals surface area contributed by atoms with Gasteiger partial charge in [0.25, 0.3) is 0 Å². The Kier molecular flexibility index (Phi) is 6.23. The molecule has 2 amide bonds. The van der Waals surface area contributed by atoms with Crippen molar-refractivity contribution in [3.05, 3.63) is 0 Å². The minimum absolute atomic E-state index is 0.0646. The lowest BCUT2D eigenvalue weighted by Gasteiger charge is -2.42. The van der Waals surface area contributed by atoms with Gasteiger partial charge in [-0.05, 0) is 44.9 Å². The highest BCUT2D eigenvalue weighted by Gasteiger charge is 2.34. The minimum atomic E-state index is -0.0763. The molecular weight excluding hydrogens is 328 g/mol. The van der Waals surface area contributed by atoms with Gasteiger partial charge in [-0.1, -0.05) is 13.8 Å². The molecule has 0 aromatic rings. The van der Waals surface area contributed by atoms with E-state index in [0.29, 0.717) is 17.9 Å². The van der Waals surface area contributed by atoms with E-state index in [1.165, 1.54) is 6.42 Å². The lowest BCUT2D eigenvalue weighted by molar-refractivity contribution is -0.140. The molecular formula is C20H36N4O2. The van der Waals surface area contributed by atoms with Crippen molar-refractivity contribution < 1.29 is 9.59 Å². The number of carbonyl (C=O) groups excluding carboxylic acids is 2. The third-order valence-electron chi connectivity index (χ3n) is 6.29. The number of likely N-dealkylation sites (tertiary alicyclic amines) is 1. The number of amides is 2. The fourth-order valence-electron chi connectivity index (χ4n) is 4.49. The monoisotopic (exact) mass is 364 g/mol. The van der Waals surface area contributed by atoms with Crippen molar-refractivity contribution in [2.24, 2.45) is 11.8 Å². The zero-order valence-electron chi connectivity index (χ0n) is 16.9. The van der Waals surface area contributed by atoms with Crippen molar-refractivity contribution in [2.45, 2.75) is 65.1 Å². The van der Waals surface area contributed by atoms with Crippen LogP contribution in [0.15, 0.2) is 0 Å². The molecule has 0 bridgehead atoms. The molecule has 3 rings (SSSR count). The Morgan fingerprint density at radius 3 is 1.88 bits per heavy atom. The van der Waals surface area contributed by atoms with Crippen molar-refractivity contribution in [1.82, 2.24) is 20.0 Å². The van der Waals surface area contributed by atoms with E-state index in [2.05, 4.69) is 33.9 Å². The summed E-state index contributed by atoms with van der Waals surface area (Å²) in [7, 11) is 0. The maximum absolute atomic E-state index is 12.9. The first-order valence-electron chi connectivity index (χ1n) is 10.4. The lowest BCUT2D eigenvalue weighted by Crippen LogP contribution is -2.58. The van der Waals surface area contributed by atoms with E-state index in [0.717, 1.165) is 52.1 Å². The Morgan fingerprint density at radius 2 is 1.38 bits per heavy atom. The molecule has 1 aliphatic carbocycles. The number of rotatable bonds is 5. The Bertz CT molecular complexity index is 504. The van der Waals surface area contributed by atoms with Gasteiger partial charge in [0.2, 0.25) is 11.8 Å². The van der Waals surface area contributed by atoms with Crippen molar-refractivity contribution in [3.63, 3.8) is 0 Å². The lowest BCUT2D eigenvalue weighted by atomic mass is 9.91. The Morgan fingerprint density at radius 1 is 0.885 bits per heavy atom. The van der Waals surface area contributed by atoms with Crippen molar-refractivity contribution >= 4 is 11.8 Å². The molecule has 6 heteroatoms. The van der Waals surface area contributed by atoms with Crippen molar-refractivity contribution in [2.75, 3.05) is 39.3 Å². The van der Waals surface area contributed by atoms with Crippen LogP contribution < -0.4 is 5.32 Å². The van der Waals surface area contributed by atoms with Gasteiger partial charge in [-0.15, -0.1) is 0 Å². The Labute approximate surface area is 158 Å². The first-order valence-corrected chi connectivity index (χ1v) is 10.4. The van der Waals surface area contributed by atoms with Crippen molar-refractivity contribution in [1.29, 1.82) is 0 Å². The highest BCUT2D eigenvalue weighted by molar-refractivity contribution is 5.82. The summed E-state index contributed by atoms with van der Waals surface area (Å²) in [6.07, 6.45) is 3.47. The molecule has 1 saturated carbocycles. The van der Waals surface area contributed by atoms with E-state index in [4.69, 9.17) is 0 Å². The maximum atomic E-state index is 12.9. The van der Waals surface area contributed by atoms with Gasteiger partial charge in [0.1, 0.15) is 0 Å². The van der Waals surface area contributed by atoms with Gasteiger partial charge < -0.3 is 10.2 Å². The number of piperidine rings is 1. The van der Waals surface area contributed by atoms with Crippen LogP contribution in [0.2, 0.25) is 0 Å². The summed E-state index contributed by atoms with van der Waals surface area (Å²) in [6.45, 7) is 13.7. The van der Waals surface area contributed by atoms with E-state index in [9.17, 15) is 9.59 Å². The number of piperazine rings is 1. The number of hydrogen-bond donors (Lipinski definition) is 1. The topological polar surface area (TPSA) is 55.9 Å². The van der Waals surface area contributed by atoms with Crippen LogP contribution in [0.1, 0.15) is 47.0 Å². The third-order valence-corrected chi connectivity index (χ3v) is 6.29. The first kappa shape index (κ1) is 19.6. The smallest absolute Gasteiger partial charge is 0.239 e. The van der Waals surface area contributed by atoms with Crippen molar-refractivity contribution in [3.8, 4) is 0 Å². The number of hydrogen-bond acceptors (Lipinski definition) is 4. The van der Waals surface area contributed by atoms with Gasteiger partial charge in [-0.25, -0.2) is 0 Å². The van der Waals surface area contributed by atoms with Crippen LogP contribution in [-0.2, 0) is 9.59 Å². The second-order valence-corrected chi connectivity index (χ2v) is 8.90. The van der Waals surface area contributed by atoms with Crippen LogP contribution in [0.25, 0.3) is 0 Å². The number of nitrogens with one attached hydrogen (secondary N) is 1. The van der Waals surface area contributed by atoms with Crippen LogP contribution in [0.4, 0.5) is 0 Å². The average Bonchev–Trinajstić information content (AvgIpc) is 3.43. The molecule has 4 atom stereocenters. The predicted molar refractivity (Wildman–Crippen MR) is 103 cm³/mol. The van der Waals surface area contributed by atoms with E-state index < -0.39 is 0 Å². The molecule has 0 aromatic carbocycles. The standard InChI is InChI=1S/C20H36N4O2/c1-14-11-15(2)13-24(12-14)20(26)17(4)23-9-7-22(8-10-23)16(3)19(25)21-18-5-6-18/h14-18H,5-13H2,1-4H3,(H,21,25)/t14-,15-,16+,17-/m1/s1. The van der Waals surface area contributed by atoms with Gasteiger partial charge in [0, 0.05) is 45.3 Å². The van der Waals surface area contributed by atoms with E-state index in [1.807, 2.05) is 13.8 Å². The molecule has 2 saturated heterocycles. The molecule has 26 heavy (non-hydrogen) atoms. The molecule has 0 radical (unpaired) electrons. The molecule has 3 fully saturated rings. The first-order chi connectivity index (χ1) is 12.3. The molecule has 0 spiro atoms. The number of carbonyl (C=O) groups is 2. The van der Waals surface area contributed by atoms with Gasteiger partial charge in [0.05, 0.1) is 12.1 Å². The second kappa shape index (κ2) is 8.26. The van der Waals surface area contributed by atoms with Gasteiger partial charge in [-0.2, -0.15) is 0 Å². The van der Waals surface area contributed by atoms with Crippen LogP contribution >= 0.6 is 0 Å². The van der Waals surface area contributed by atoms with Crippen LogP contribution in [0.3, 0.4) is 0 Å². The van der Waals surface area contributed by atoms with E-state index in [-0.39, 0.29) is 23.9 Å². The van der Waals surface area contributed by atoms with Crippen LogP contribution in [0.5, 0.6) is 0 Å². The molecule has 148 valence electrons. The Hall–Kier alpha value is -1.14. The summed E-state index contributed by atoms with van der Waals surface area (Å²) in [5, 5.41) is 3.10. The molecule has 0 aromatic heterocycles. The third kappa shape index (κ3) is 4.77. The molecule has 6 nitrogen and oxygen atoms in total. The molecule has 1 N–H and O–H groups in total. The summed E-state index contributed by atoms with van der Waals surface area (Å²) < 4.78 is 0. The molecule has 0 unspecified atom stereocenters. The summed E-state index contributed by atoms with van der Waals surface area (Å²) in [5.41, 5.74) is 0. The predicted octanol–water partition coefficient (Wildman–Crippen LogP) is 1.16. The highest BCUT2D eigenvalue weighted by atomic mass is 16.2. The normalized spacial score (nSPS) is 30.7. The fraction of sp³-hybridized carbons (Fsp3) is 0.900. The molecule has 2 heterocycles. The fourth-order valence-corrected chi connectivity index (χ4v) is 4.49. The second-order valence-electron chi connectivity index (χ2n) is 8.90. The number of nitrogens with zero attached hydrogens (tertiary/aromatic N) is 3. The highest BCUT2D eigenvalue weighted by Crippen LogP contribution is 2.23. The van der Waals surface area contributed by atoms with Crippen LogP contribution in [0, 0.1) is 11.8 Å². The zero-order chi connectivity index (χ0) is 18.8. The molecule has 2 aliphatic heterocycles. The molecule has 3 aliphatic rings. The zero-order valence-corrected chi connectivity index (χ0v) is 16.9. The van der Waals surface area contributed by atoms with E-state index in [1.54, 1.807) is 0 Å². The summed E-state index contributed by atoms with van der Waals surface area (Å²) >= 11 is 0. The van der Waals surface area contributed by atoms with Crippen LogP contribution in [-0.4, -0.2) is 83.9 Å². The average molecular weight is 365 g/mol. The van der Waals surface area contributed by atoms with Gasteiger partial charge in [0.15, 0.2) is 0 Å². The SMILES string of the molecule is C[C@@H]1C[C@@H](C)CN(C(=O)[C@@H](C)N2CCN([C@@H](C)C(=O)NC3CC3)CC2)C1. The quantitative estimate of drug-likeness (QED) is 0.796. The minimum Gasteiger partial charge on any atom is -0.352 e. The Balaban J connectivity index is 1.47. The van der Waals surface area contributed by atoms with Gasteiger partial charge in [-0.3, -0.25) is 19.4 Å².